The molecule has 0 radical (unpaired) electrons. The van der Waals surface area contributed by atoms with Crippen molar-refractivity contribution >= 4 is 5.91 Å². The molecule has 0 aromatic heterocycles. The summed E-state index contributed by atoms with van der Waals surface area (Å²) in [6.07, 6.45) is -3.34. The summed E-state index contributed by atoms with van der Waals surface area (Å²) < 4.78 is 38.9. The second kappa shape index (κ2) is 8.17. The fraction of sp³-hybridized carbons (Fsp3) is 0.562. The van der Waals surface area contributed by atoms with Crippen LogP contribution in [0, 0.1) is 0 Å². The van der Waals surface area contributed by atoms with Gasteiger partial charge in [-0.15, -0.1) is 0 Å². The first kappa shape index (κ1) is 18.5. The summed E-state index contributed by atoms with van der Waals surface area (Å²) >= 11 is 0. The second-order valence-electron chi connectivity index (χ2n) is 5.38. The number of rotatable bonds is 7. The molecule has 2 N–H and O–H groups in total. The Hall–Kier alpha value is -1.56. The average Bonchev–Trinajstić information content (AvgIpc) is 2.45. The predicted molar refractivity (Wildman–Crippen MR) is 78.4 cm³/mol. The monoisotopic (exact) mass is 317 g/mol. The molecule has 0 saturated carbocycles. The molecule has 0 aliphatic rings. The van der Waals surface area contributed by atoms with Gasteiger partial charge in [-0.05, 0) is 30.4 Å². The lowest BCUT2D eigenvalue weighted by molar-refractivity contribution is -0.138. The molecule has 1 amide bonds. The number of benzene rings is 1. The average molecular weight is 317 g/mol. The summed E-state index contributed by atoms with van der Waals surface area (Å²) in [5.41, 5.74) is -0.571. The van der Waals surface area contributed by atoms with E-state index < -0.39 is 17.7 Å². The molecular weight excluding hydrogens is 295 g/mol. The number of aliphatic hydroxyl groups excluding tert-OH is 1. The van der Waals surface area contributed by atoms with Crippen LogP contribution in [0.3, 0.4) is 0 Å². The van der Waals surface area contributed by atoms with E-state index in [1.165, 1.54) is 12.1 Å². The number of aliphatic hydroxyl groups is 1. The third kappa shape index (κ3) is 5.33. The third-order valence-electron chi connectivity index (χ3n) is 3.62. The van der Waals surface area contributed by atoms with Gasteiger partial charge < -0.3 is 10.4 Å². The molecule has 2 unspecified atom stereocenters. The van der Waals surface area contributed by atoms with E-state index in [4.69, 9.17) is 5.11 Å². The maximum atomic E-state index is 13.0. The predicted octanol–water partition coefficient (Wildman–Crippen LogP) is 3.48. The Bertz CT molecular complexity index is 489. The Labute approximate surface area is 128 Å². The van der Waals surface area contributed by atoms with Crippen molar-refractivity contribution in [1.29, 1.82) is 0 Å². The molecule has 6 heteroatoms. The lowest BCUT2D eigenvalue weighted by Gasteiger charge is -2.20. The molecular formula is C16H22F3NO2. The lowest BCUT2D eigenvalue weighted by Crippen LogP contribution is -2.35. The highest BCUT2D eigenvalue weighted by atomic mass is 19.4. The van der Waals surface area contributed by atoms with E-state index in [2.05, 4.69) is 5.32 Å². The Balaban J connectivity index is 2.77. The van der Waals surface area contributed by atoms with Crippen molar-refractivity contribution in [2.24, 2.45) is 0 Å². The zero-order valence-corrected chi connectivity index (χ0v) is 12.8. The van der Waals surface area contributed by atoms with Crippen LogP contribution in [0.15, 0.2) is 24.3 Å². The van der Waals surface area contributed by atoms with Crippen LogP contribution < -0.4 is 5.32 Å². The van der Waals surface area contributed by atoms with Crippen molar-refractivity contribution in [3.63, 3.8) is 0 Å². The summed E-state index contributed by atoms with van der Waals surface area (Å²) in [4.78, 5) is 12.0. The summed E-state index contributed by atoms with van der Waals surface area (Å²) in [6.45, 7) is 3.45. The molecule has 0 aliphatic heterocycles. The molecule has 2 atom stereocenters. The molecule has 0 heterocycles. The lowest BCUT2D eigenvalue weighted by atomic mass is 9.92. The maximum Gasteiger partial charge on any atom is 0.416 e. The van der Waals surface area contributed by atoms with Crippen molar-refractivity contribution < 1.29 is 23.1 Å². The molecule has 1 aromatic carbocycles. The van der Waals surface area contributed by atoms with Gasteiger partial charge in [0.2, 0.25) is 5.91 Å². The fourth-order valence-electron chi connectivity index (χ4n) is 2.39. The van der Waals surface area contributed by atoms with Gasteiger partial charge >= 0.3 is 6.18 Å². The molecule has 22 heavy (non-hydrogen) atoms. The van der Waals surface area contributed by atoms with E-state index in [1.54, 1.807) is 13.0 Å². The van der Waals surface area contributed by atoms with Gasteiger partial charge in [0.1, 0.15) is 0 Å². The van der Waals surface area contributed by atoms with E-state index in [0.29, 0.717) is 12.8 Å². The molecule has 124 valence electrons. The van der Waals surface area contributed by atoms with Gasteiger partial charge in [0.05, 0.1) is 5.56 Å². The molecule has 0 spiro atoms. The molecule has 1 rings (SSSR count). The molecule has 3 nitrogen and oxygen atoms in total. The first-order chi connectivity index (χ1) is 10.3. The van der Waals surface area contributed by atoms with E-state index in [0.717, 1.165) is 6.07 Å². The van der Waals surface area contributed by atoms with Gasteiger partial charge in [-0.3, -0.25) is 4.79 Å². The van der Waals surface area contributed by atoms with Gasteiger partial charge in [-0.1, -0.05) is 32.0 Å². The minimum atomic E-state index is -4.43. The number of nitrogens with one attached hydrogen (secondary N) is 1. The van der Waals surface area contributed by atoms with Crippen LogP contribution in [0.1, 0.15) is 50.2 Å². The Morgan fingerprint density at radius 2 is 1.95 bits per heavy atom. The van der Waals surface area contributed by atoms with Gasteiger partial charge in [0.15, 0.2) is 0 Å². The Morgan fingerprint density at radius 1 is 1.32 bits per heavy atom. The van der Waals surface area contributed by atoms with Crippen LogP contribution in [0.5, 0.6) is 0 Å². The molecule has 1 aromatic rings. The van der Waals surface area contributed by atoms with Crippen molar-refractivity contribution in [2.45, 2.75) is 51.2 Å². The topological polar surface area (TPSA) is 49.3 Å². The first-order valence-corrected chi connectivity index (χ1v) is 7.35. The molecule has 0 aliphatic carbocycles. The van der Waals surface area contributed by atoms with Crippen molar-refractivity contribution in [3.8, 4) is 0 Å². The summed E-state index contributed by atoms with van der Waals surface area (Å²) in [5, 5.41) is 11.6. The van der Waals surface area contributed by atoms with Gasteiger partial charge in [0.25, 0.3) is 0 Å². The minimum Gasteiger partial charge on any atom is -0.396 e. The number of carbonyl (C=O) groups excluding carboxylic acids is 1. The SMILES string of the molecule is CCC(CCO)NC(=O)CC(C)c1ccccc1C(F)(F)F. The number of hydrogen-bond acceptors (Lipinski definition) is 2. The van der Waals surface area contributed by atoms with E-state index >= 15 is 0 Å². The van der Waals surface area contributed by atoms with E-state index in [9.17, 15) is 18.0 Å². The van der Waals surface area contributed by atoms with Gasteiger partial charge in [0, 0.05) is 19.1 Å². The van der Waals surface area contributed by atoms with Crippen LogP contribution in [-0.4, -0.2) is 23.7 Å². The normalized spacial score (nSPS) is 14.5. The highest BCUT2D eigenvalue weighted by Gasteiger charge is 2.34. The summed E-state index contributed by atoms with van der Waals surface area (Å²) in [7, 11) is 0. The second-order valence-corrected chi connectivity index (χ2v) is 5.38. The minimum absolute atomic E-state index is 0.0188. The van der Waals surface area contributed by atoms with Crippen LogP contribution in [0.2, 0.25) is 0 Å². The van der Waals surface area contributed by atoms with Gasteiger partial charge in [-0.25, -0.2) is 0 Å². The summed E-state index contributed by atoms with van der Waals surface area (Å²) in [5.74, 6) is -0.839. The first-order valence-electron chi connectivity index (χ1n) is 7.35. The maximum absolute atomic E-state index is 13.0. The van der Waals surface area contributed by atoms with Crippen LogP contribution in [-0.2, 0) is 11.0 Å². The third-order valence-corrected chi connectivity index (χ3v) is 3.62. The Kier molecular flexibility index (Phi) is 6.87. The highest BCUT2D eigenvalue weighted by Crippen LogP contribution is 2.35. The smallest absolute Gasteiger partial charge is 0.396 e. The number of carbonyl (C=O) groups is 1. The highest BCUT2D eigenvalue weighted by molar-refractivity contribution is 5.77. The number of amides is 1. The molecule has 0 saturated heterocycles. The summed E-state index contributed by atoms with van der Waals surface area (Å²) in [6, 6.07) is 5.17. The van der Waals surface area contributed by atoms with Crippen molar-refractivity contribution in [2.75, 3.05) is 6.61 Å². The molecule has 0 bridgehead atoms. The largest absolute Gasteiger partial charge is 0.416 e. The zero-order chi connectivity index (χ0) is 16.8. The standard InChI is InChI=1S/C16H22F3NO2/c1-3-12(8-9-21)20-15(22)10-11(2)13-6-4-5-7-14(13)16(17,18)19/h4-7,11-12,21H,3,8-10H2,1-2H3,(H,20,22). The van der Waals surface area contributed by atoms with E-state index in [1.807, 2.05) is 6.92 Å². The Morgan fingerprint density at radius 3 is 2.50 bits per heavy atom. The van der Waals surface area contributed by atoms with Crippen molar-refractivity contribution in [3.05, 3.63) is 35.4 Å². The quantitative estimate of drug-likeness (QED) is 0.809. The number of hydrogen-bond donors (Lipinski definition) is 2. The number of alkyl halides is 3. The molecule has 0 fully saturated rings. The van der Waals surface area contributed by atoms with E-state index in [-0.39, 0.29) is 30.5 Å². The van der Waals surface area contributed by atoms with Crippen LogP contribution in [0.4, 0.5) is 13.2 Å². The van der Waals surface area contributed by atoms with Gasteiger partial charge in [-0.2, -0.15) is 13.2 Å². The zero-order valence-electron chi connectivity index (χ0n) is 12.8. The van der Waals surface area contributed by atoms with Crippen LogP contribution in [0.25, 0.3) is 0 Å². The number of halogens is 3. The fourth-order valence-corrected chi connectivity index (χ4v) is 2.39. The van der Waals surface area contributed by atoms with Crippen molar-refractivity contribution in [1.82, 2.24) is 5.32 Å². The van der Waals surface area contributed by atoms with Crippen LogP contribution >= 0.6 is 0 Å².